The van der Waals surface area contributed by atoms with Gasteiger partial charge in [0.05, 0.1) is 23.0 Å². The molecule has 1 saturated heterocycles. The molecule has 1 unspecified atom stereocenters. The largest absolute Gasteiger partial charge is 0.492 e. The van der Waals surface area contributed by atoms with Crippen LogP contribution in [0.3, 0.4) is 0 Å². The van der Waals surface area contributed by atoms with Crippen molar-refractivity contribution in [3.63, 3.8) is 0 Å². The second kappa shape index (κ2) is 23.3. The number of nitrogens with two attached hydrogens (primary N) is 3. The fraction of sp³-hybridized carbons (Fsp3) is 0.429. The normalized spacial score (nSPS) is 18.2. The van der Waals surface area contributed by atoms with Crippen molar-refractivity contribution in [1.29, 1.82) is 5.26 Å². The molecule has 0 spiro atoms. The number of halogens is 2. The van der Waals surface area contributed by atoms with Crippen LogP contribution in [0.15, 0.2) is 60.7 Å². The summed E-state index contributed by atoms with van der Waals surface area (Å²) in [7, 11) is 1.39. The highest BCUT2D eigenvalue weighted by Gasteiger charge is 2.37. The Morgan fingerprint density at radius 3 is 2.11 bits per heavy atom. The maximum Gasteiger partial charge on any atom is 0.255 e. The van der Waals surface area contributed by atoms with Crippen molar-refractivity contribution in [2.45, 2.75) is 76.5 Å². The van der Waals surface area contributed by atoms with E-state index in [2.05, 4.69) is 31.2 Å². The molecule has 2 aliphatic rings. The number of benzene rings is 3. The van der Waals surface area contributed by atoms with Crippen LogP contribution in [-0.2, 0) is 25.6 Å². The molecule has 0 saturated carbocycles. The summed E-state index contributed by atoms with van der Waals surface area (Å²) in [6.45, 7) is 5.40. The minimum Gasteiger partial charge on any atom is -0.492 e. The van der Waals surface area contributed by atoms with Crippen molar-refractivity contribution in [3.8, 4) is 40.1 Å². The lowest BCUT2D eigenvalue weighted by molar-refractivity contribution is -0.141. The number of fused-ring (bicyclic) bond motifs is 5. The zero-order valence-corrected chi connectivity index (χ0v) is 39.6. The number of rotatable bonds is 16. The molecule has 4 bridgehead atoms. The standard InChI is InChI=1S/C49H60F2N12O7/c1-28-41(29(2)58-43(57-28)32-6-9-34(10-7-32)63-21-14-49(50,51)15-22-63)46(66)60-37(13-16-52)48(68)62(4)42-33-8-12-40(70-24-19-55)36(27-33)35-25-31(5-11-39(35)69-23-18-54)26-38(45(65)56-20-17-53)61-44(64)30(3)59-47(42)67/h5-12,25,27,30,37-38,42H,13-16,18-24,26,52,54-55H2,1-4H3,(H,56,65)(H,59,67)(H,60,66)(H,61,64)/t30-,37?,38-,42-/m0/s1. The number of carbonyl (C=O) groups excluding carboxylic acids is 5. The highest BCUT2D eigenvalue weighted by atomic mass is 19.3. The van der Waals surface area contributed by atoms with E-state index in [1.54, 1.807) is 62.4 Å². The third-order valence-corrected chi connectivity index (χ3v) is 12.1. The SMILES string of the molecule is Cc1nc(-c2ccc(N3CCC(F)(F)CC3)cc2)nc(C)c1C(=O)NC(CCN)C(=O)N(C)[C@@H]1C(=O)N[C@@H](C)C(=O)N[C@H](C(=O)NCC#N)Cc2ccc(OCCN)c(c2)-c2cc1ccc2OCCN. The molecule has 0 radical (unpaired) electrons. The van der Waals surface area contributed by atoms with Gasteiger partial charge >= 0.3 is 0 Å². The number of nitriles is 1. The van der Waals surface area contributed by atoms with Crippen molar-refractivity contribution < 1.29 is 42.2 Å². The molecule has 4 aromatic rings. The lowest BCUT2D eigenvalue weighted by Gasteiger charge is -2.33. The van der Waals surface area contributed by atoms with E-state index in [9.17, 15) is 38.0 Å². The second-order valence-electron chi connectivity index (χ2n) is 17.2. The molecule has 6 rings (SSSR count). The minimum absolute atomic E-state index is 0.0162. The van der Waals surface area contributed by atoms with Gasteiger partial charge in [-0.3, -0.25) is 24.0 Å². The van der Waals surface area contributed by atoms with Crippen LogP contribution in [-0.4, -0.2) is 128 Å². The Morgan fingerprint density at radius 2 is 1.51 bits per heavy atom. The van der Waals surface area contributed by atoms with Gasteiger partial charge in [0.15, 0.2) is 5.82 Å². The molecule has 0 aliphatic carbocycles. The second-order valence-corrected chi connectivity index (χ2v) is 17.2. The third-order valence-electron chi connectivity index (χ3n) is 12.1. The first-order chi connectivity index (χ1) is 33.5. The van der Waals surface area contributed by atoms with Crippen LogP contribution in [0.2, 0.25) is 0 Å². The van der Waals surface area contributed by atoms with E-state index in [1.807, 2.05) is 23.1 Å². The molecule has 10 N–H and O–H groups in total. The number of hydrogen-bond acceptors (Lipinski definition) is 14. The van der Waals surface area contributed by atoms with Gasteiger partial charge in [0.25, 0.3) is 11.8 Å². The summed E-state index contributed by atoms with van der Waals surface area (Å²) in [6.07, 6.45) is -0.496. The molecule has 21 heteroatoms. The van der Waals surface area contributed by atoms with Gasteiger partial charge in [0, 0.05) is 74.9 Å². The van der Waals surface area contributed by atoms with E-state index < -0.39 is 59.6 Å². The van der Waals surface area contributed by atoms with E-state index in [4.69, 9.17) is 26.7 Å². The maximum atomic E-state index is 14.8. The van der Waals surface area contributed by atoms with Crippen molar-refractivity contribution in [2.75, 3.05) is 64.4 Å². The Kier molecular flexibility index (Phi) is 17.4. The molecular weight excluding hydrogens is 907 g/mol. The van der Waals surface area contributed by atoms with E-state index >= 15 is 0 Å². The van der Waals surface area contributed by atoms with Gasteiger partial charge in [-0.15, -0.1) is 0 Å². The fourth-order valence-corrected chi connectivity index (χ4v) is 8.45. The average Bonchev–Trinajstić information content (AvgIpc) is 3.33. The number of carbonyl (C=O) groups is 5. The monoisotopic (exact) mass is 966 g/mol. The fourth-order valence-electron chi connectivity index (χ4n) is 8.45. The summed E-state index contributed by atoms with van der Waals surface area (Å²) in [5.41, 5.74) is 21.7. The van der Waals surface area contributed by atoms with Crippen LogP contribution in [0, 0.1) is 25.2 Å². The van der Waals surface area contributed by atoms with Crippen LogP contribution >= 0.6 is 0 Å². The van der Waals surface area contributed by atoms with Crippen LogP contribution < -0.4 is 52.8 Å². The van der Waals surface area contributed by atoms with Gasteiger partial charge in [-0.05, 0) is 93.4 Å². The van der Waals surface area contributed by atoms with Gasteiger partial charge in [-0.25, -0.2) is 18.7 Å². The first-order valence-corrected chi connectivity index (χ1v) is 23.0. The number of alkyl halides is 2. The maximum absolute atomic E-state index is 14.8. The molecule has 3 aromatic carbocycles. The van der Waals surface area contributed by atoms with E-state index in [1.165, 1.54) is 14.0 Å². The summed E-state index contributed by atoms with van der Waals surface area (Å²) in [5.74, 6) is -5.11. The Bertz CT molecular complexity index is 2580. The van der Waals surface area contributed by atoms with Crippen LogP contribution in [0.25, 0.3) is 22.5 Å². The molecular formula is C49H60F2N12O7. The highest BCUT2D eigenvalue weighted by Crippen LogP contribution is 2.40. The van der Waals surface area contributed by atoms with E-state index in [-0.39, 0.29) is 89.3 Å². The van der Waals surface area contributed by atoms with Crippen molar-refractivity contribution in [1.82, 2.24) is 36.1 Å². The highest BCUT2D eigenvalue weighted by molar-refractivity contribution is 6.00. The topological polar surface area (TPSA) is 286 Å². The van der Waals surface area contributed by atoms with Gasteiger partial charge < -0.3 is 57.7 Å². The predicted octanol–water partition coefficient (Wildman–Crippen LogP) is 2.17. The summed E-state index contributed by atoms with van der Waals surface area (Å²) < 4.78 is 39.7. The van der Waals surface area contributed by atoms with Gasteiger partial charge in [0.2, 0.25) is 23.6 Å². The Labute approximate surface area is 404 Å². The summed E-state index contributed by atoms with van der Waals surface area (Å²) in [6, 6.07) is 14.0. The number of aryl methyl sites for hydroxylation is 2. The third kappa shape index (κ3) is 12.5. The molecule has 1 fully saturated rings. The lowest BCUT2D eigenvalue weighted by atomic mass is 9.93. The van der Waals surface area contributed by atoms with Crippen LogP contribution in [0.1, 0.15) is 65.1 Å². The molecule has 70 heavy (non-hydrogen) atoms. The molecule has 19 nitrogen and oxygen atoms in total. The molecule has 4 atom stereocenters. The molecule has 2 aliphatic heterocycles. The first-order valence-electron chi connectivity index (χ1n) is 23.0. The quantitative estimate of drug-likeness (QED) is 0.0793. The number of likely N-dealkylation sites (N-methyl/N-ethyl adjacent to an activating group) is 1. The number of hydrogen-bond donors (Lipinski definition) is 7. The molecule has 372 valence electrons. The number of nitrogens with zero attached hydrogens (tertiary/aromatic N) is 5. The first kappa shape index (κ1) is 52.1. The van der Waals surface area contributed by atoms with Crippen molar-refractivity contribution in [2.24, 2.45) is 17.2 Å². The number of nitrogens with one attached hydrogen (secondary N) is 4. The van der Waals surface area contributed by atoms with Crippen LogP contribution in [0.4, 0.5) is 14.5 Å². The van der Waals surface area contributed by atoms with Crippen molar-refractivity contribution in [3.05, 3.63) is 88.7 Å². The molecule has 3 heterocycles. The summed E-state index contributed by atoms with van der Waals surface area (Å²) in [4.78, 5) is 83.0. The van der Waals surface area contributed by atoms with Crippen LogP contribution in [0.5, 0.6) is 11.5 Å². The minimum atomic E-state index is -2.67. The zero-order chi connectivity index (χ0) is 50.7. The van der Waals surface area contributed by atoms with Crippen molar-refractivity contribution >= 4 is 35.2 Å². The number of ether oxygens (including phenoxy) is 2. The molecule has 1 aromatic heterocycles. The lowest BCUT2D eigenvalue weighted by Crippen LogP contribution is -2.56. The number of piperidine rings is 1. The smallest absolute Gasteiger partial charge is 0.255 e. The van der Waals surface area contributed by atoms with E-state index in [0.717, 1.165) is 10.6 Å². The number of amides is 5. The summed E-state index contributed by atoms with van der Waals surface area (Å²) >= 11 is 0. The number of aromatic nitrogens is 2. The van der Waals surface area contributed by atoms with Gasteiger partial charge in [0.1, 0.15) is 55.4 Å². The zero-order valence-electron chi connectivity index (χ0n) is 39.6. The Balaban J connectivity index is 1.34. The predicted molar refractivity (Wildman–Crippen MR) is 257 cm³/mol. The molecule has 5 amide bonds. The number of anilines is 1. The van der Waals surface area contributed by atoms with E-state index in [0.29, 0.717) is 51.0 Å². The average molecular weight is 967 g/mol. The Hall–Kier alpha value is -7.28. The summed E-state index contributed by atoms with van der Waals surface area (Å²) in [5, 5.41) is 19.9. The van der Waals surface area contributed by atoms with Gasteiger partial charge in [-0.1, -0.05) is 12.1 Å². The Morgan fingerprint density at radius 1 is 0.900 bits per heavy atom. The van der Waals surface area contributed by atoms with Gasteiger partial charge in [-0.2, -0.15) is 5.26 Å².